The summed E-state index contributed by atoms with van der Waals surface area (Å²) in [6, 6.07) is 0.771. The number of nitrogens with one attached hydrogen (secondary N) is 2. The molecule has 104 valence electrons. The van der Waals surface area contributed by atoms with Gasteiger partial charge in [-0.2, -0.15) is 0 Å². The highest BCUT2D eigenvalue weighted by molar-refractivity contribution is 14.1. The van der Waals surface area contributed by atoms with Crippen molar-refractivity contribution < 1.29 is 0 Å². The highest BCUT2D eigenvalue weighted by Crippen LogP contribution is 2.24. The number of hydrogen-bond acceptors (Lipinski definition) is 4. The van der Waals surface area contributed by atoms with E-state index in [0.717, 1.165) is 31.5 Å². The van der Waals surface area contributed by atoms with Crippen molar-refractivity contribution in [3.63, 3.8) is 0 Å². The van der Waals surface area contributed by atoms with E-state index in [4.69, 9.17) is 0 Å². The summed E-state index contributed by atoms with van der Waals surface area (Å²) in [7, 11) is 0. The molecule has 1 saturated heterocycles. The van der Waals surface area contributed by atoms with Gasteiger partial charge in [-0.3, -0.25) is 4.79 Å². The maximum atomic E-state index is 11.6. The van der Waals surface area contributed by atoms with Gasteiger partial charge >= 0.3 is 0 Å². The fourth-order valence-corrected chi connectivity index (χ4v) is 3.28. The Hall–Kier alpha value is -0.630. The molecule has 2 heterocycles. The summed E-state index contributed by atoms with van der Waals surface area (Å²) in [5.41, 5.74) is -0.0381. The van der Waals surface area contributed by atoms with Crippen molar-refractivity contribution in [1.82, 2.24) is 15.3 Å². The summed E-state index contributed by atoms with van der Waals surface area (Å²) in [4.78, 5) is 20.9. The van der Waals surface area contributed by atoms with Crippen LogP contribution in [0.4, 0.5) is 5.82 Å². The lowest BCUT2D eigenvalue weighted by Crippen LogP contribution is -2.41. The Morgan fingerprint density at radius 1 is 1.47 bits per heavy atom. The average Bonchev–Trinajstić information content (AvgIpc) is 3.24. The van der Waals surface area contributed by atoms with E-state index in [1.54, 1.807) is 0 Å². The number of piperidine rings is 1. The predicted molar refractivity (Wildman–Crippen MR) is 83.5 cm³/mol. The Balaban J connectivity index is 1.66. The molecule has 1 aromatic heterocycles. The van der Waals surface area contributed by atoms with E-state index in [1.165, 1.54) is 32.0 Å². The van der Waals surface area contributed by atoms with Crippen LogP contribution in [0.25, 0.3) is 0 Å². The molecule has 0 spiro atoms. The predicted octanol–water partition coefficient (Wildman–Crippen LogP) is 1.34. The maximum absolute atomic E-state index is 11.6. The summed E-state index contributed by atoms with van der Waals surface area (Å²) in [5.74, 6) is 1.52. The molecule has 1 saturated carbocycles. The monoisotopic (exact) mass is 374 g/mol. The molecule has 19 heavy (non-hydrogen) atoms. The lowest BCUT2D eigenvalue weighted by atomic mass is 9.98. The van der Waals surface area contributed by atoms with Gasteiger partial charge in [-0.1, -0.05) is 0 Å². The molecule has 2 aliphatic rings. The number of halogens is 1. The van der Waals surface area contributed by atoms with E-state index < -0.39 is 0 Å². The molecular formula is C13H19IN4O. The maximum Gasteiger partial charge on any atom is 0.266 e. The van der Waals surface area contributed by atoms with Gasteiger partial charge < -0.3 is 15.2 Å². The van der Waals surface area contributed by atoms with Crippen LogP contribution in [0.3, 0.4) is 0 Å². The largest absolute Gasteiger partial charge is 0.355 e. The lowest BCUT2D eigenvalue weighted by molar-refractivity contribution is 0.389. The Labute approximate surface area is 126 Å². The number of aromatic amines is 1. The molecule has 1 aliphatic heterocycles. The average molecular weight is 374 g/mol. The van der Waals surface area contributed by atoms with Crippen LogP contribution in [-0.2, 0) is 0 Å². The quantitative estimate of drug-likeness (QED) is 0.782. The van der Waals surface area contributed by atoms with Crippen LogP contribution in [0.1, 0.15) is 25.7 Å². The van der Waals surface area contributed by atoms with Crippen molar-refractivity contribution in [1.29, 1.82) is 0 Å². The first-order chi connectivity index (χ1) is 9.24. The van der Waals surface area contributed by atoms with Crippen LogP contribution in [0, 0.1) is 9.49 Å². The first kappa shape index (κ1) is 13.4. The van der Waals surface area contributed by atoms with E-state index in [0.29, 0.717) is 9.49 Å². The minimum absolute atomic E-state index is 0.0381. The van der Waals surface area contributed by atoms with Gasteiger partial charge in [0.2, 0.25) is 0 Å². The van der Waals surface area contributed by atoms with Crippen molar-refractivity contribution in [2.45, 2.75) is 31.7 Å². The van der Waals surface area contributed by atoms with Crippen LogP contribution >= 0.6 is 22.6 Å². The molecule has 1 aromatic rings. The minimum Gasteiger partial charge on any atom is -0.355 e. The molecule has 1 unspecified atom stereocenters. The van der Waals surface area contributed by atoms with Gasteiger partial charge in [-0.05, 0) is 60.7 Å². The van der Waals surface area contributed by atoms with Gasteiger partial charge in [-0.25, -0.2) is 4.98 Å². The molecule has 1 atom stereocenters. The van der Waals surface area contributed by atoms with E-state index in [1.807, 2.05) is 0 Å². The third-order valence-electron chi connectivity index (χ3n) is 3.87. The van der Waals surface area contributed by atoms with E-state index >= 15 is 0 Å². The Kier molecular flexibility index (Phi) is 4.07. The second-order valence-corrected chi connectivity index (χ2v) is 6.58. The molecule has 6 heteroatoms. The summed E-state index contributed by atoms with van der Waals surface area (Å²) >= 11 is 2.09. The molecule has 5 nitrogen and oxygen atoms in total. The van der Waals surface area contributed by atoms with E-state index in [-0.39, 0.29) is 5.56 Å². The van der Waals surface area contributed by atoms with Gasteiger partial charge in [0.15, 0.2) is 0 Å². The van der Waals surface area contributed by atoms with Crippen LogP contribution in [0.5, 0.6) is 0 Å². The molecule has 0 amide bonds. The molecule has 3 rings (SSSR count). The number of H-pyrrole nitrogens is 1. The zero-order valence-electron chi connectivity index (χ0n) is 10.9. The van der Waals surface area contributed by atoms with Crippen molar-refractivity contribution in [3.05, 3.63) is 20.3 Å². The number of aromatic nitrogens is 2. The van der Waals surface area contributed by atoms with Gasteiger partial charge in [0.1, 0.15) is 9.39 Å². The standard InChI is InChI=1S/C13H19IN4O/c14-11-12(16-8-17-13(11)19)18-5-1-2-9(7-18)6-15-10-3-4-10/h8-10,15H,1-7H2,(H,16,17,19). The highest BCUT2D eigenvalue weighted by Gasteiger charge is 2.26. The molecule has 2 N–H and O–H groups in total. The van der Waals surface area contributed by atoms with E-state index in [9.17, 15) is 4.79 Å². The summed E-state index contributed by atoms with van der Waals surface area (Å²) in [5, 5.41) is 3.61. The van der Waals surface area contributed by atoms with Gasteiger partial charge in [0.05, 0.1) is 6.33 Å². The second-order valence-electron chi connectivity index (χ2n) is 5.51. The van der Waals surface area contributed by atoms with Crippen LogP contribution in [-0.4, -0.2) is 35.6 Å². The molecule has 2 fully saturated rings. The first-order valence-corrected chi connectivity index (χ1v) is 8.03. The topological polar surface area (TPSA) is 61.0 Å². The third-order valence-corrected chi connectivity index (χ3v) is 4.84. The zero-order valence-corrected chi connectivity index (χ0v) is 13.0. The fourth-order valence-electron chi connectivity index (χ4n) is 2.64. The summed E-state index contributed by atoms with van der Waals surface area (Å²) in [6.07, 6.45) is 6.64. The van der Waals surface area contributed by atoms with Gasteiger partial charge in [-0.15, -0.1) is 0 Å². The van der Waals surface area contributed by atoms with Crippen LogP contribution in [0.2, 0.25) is 0 Å². The Bertz CT molecular complexity index is 500. The van der Waals surface area contributed by atoms with E-state index in [2.05, 4.69) is 42.8 Å². The molecule has 0 aromatic carbocycles. The van der Waals surface area contributed by atoms with Crippen molar-refractivity contribution in [2.75, 3.05) is 24.5 Å². The molecule has 0 bridgehead atoms. The van der Waals surface area contributed by atoms with Crippen molar-refractivity contribution in [2.24, 2.45) is 5.92 Å². The third kappa shape index (κ3) is 3.28. The SMILES string of the molecule is O=c1[nH]cnc(N2CCCC(CNC3CC3)C2)c1I. The molecular weight excluding hydrogens is 355 g/mol. The fraction of sp³-hybridized carbons (Fsp3) is 0.692. The van der Waals surface area contributed by atoms with Crippen LogP contribution < -0.4 is 15.8 Å². The normalized spacial score (nSPS) is 23.6. The van der Waals surface area contributed by atoms with Crippen molar-refractivity contribution in [3.8, 4) is 0 Å². The van der Waals surface area contributed by atoms with Crippen LogP contribution in [0.15, 0.2) is 11.1 Å². The molecule has 1 aliphatic carbocycles. The number of anilines is 1. The number of nitrogens with zero attached hydrogens (tertiary/aromatic N) is 2. The molecule has 0 radical (unpaired) electrons. The Morgan fingerprint density at radius 2 is 2.32 bits per heavy atom. The minimum atomic E-state index is -0.0381. The number of hydrogen-bond donors (Lipinski definition) is 2. The highest BCUT2D eigenvalue weighted by atomic mass is 127. The summed E-state index contributed by atoms with van der Waals surface area (Å²) in [6.45, 7) is 3.11. The Morgan fingerprint density at radius 3 is 3.11 bits per heavy atom. The van der Waals surface area contributed by atoms with Crippen molar-refractivity contribution >= 4 is 28.4 Å². The lowest BCUT2D eigenvalue weighted by Gasteiger charge is -2.34. The van der Waals surface area contributed by atoms with Gasteiger partial charge in [0, 0.05) is 19.1 Å². The zero-order chi connectivity index (χ0) is 13.2. The smallest absolute Gasteiger partial charge is 0.266 e. The number of rotatable bonds is 4. The van der Waals surface area contributed by atoms with Gasteiger partial charge in [0.25, 0.3) is 5.56 Å². The summed E-state index contributed by atoms with van der Waals surface area (Å²) < 4.78 is 0.705. The first-order valence-electron chi connectivity index (χ1n) is 6.95. The second kappa shape index (κ2) is 5.78.